The number of amidine groups is 1. The molecule has 0 spiro atoms. The van der Waals surface area contributed by atoms with E-state index in [-0.39, 0.29) is 18.3 Å². The fourth-order valence-corrected chi connectivity index (χ4v) is 2.79. The molecule has 0 fully saturated rings. The highest BCUT2D eigenvalue weighted by Gasteiger charge is 2.19. The van der Waals surface area contributed by atoms with E-state index < -0.39 is 12.0 Å². The quantitative estimate of drug-likeness (QED) is 0.329. The van der Waals surface area contributed by atoms with Crippen LogP contribution in [0.5, 0.6) is 0 Å². The summed E-state index contributed by atoms with van der Waals surface area (Å²) in [6.07, 6.45) is 0. The van der Waals surface area contributed by atoms with E-state index in [1.807, 2.05) is 36.4 Å². The topological polar surface area (TPSA) is 105 Å². The van der Waals surface area contributed by atoms with Crippen LogP contribution < -0.4 is 11.1 Å². The fourth-order valence-electron chi connectivity index (χ4n) is 2.79. The predicted octanol–water partition coefficient (Wildman–Crippen LogP) is 3.30. The standard InChI is InChI=1S/C23H21N3O3/c24-21(25)18-12-7-13-19(14-18)22(27)26-20(16-8-3-1-4-9-16)15-29-23(28)17-10-5-2-6-11-17/h1-14,20H,15H2,(H3,24,25)(H,26,27)/t20-/m0/s1. The molecule has 0 aliphatic carbocycles. The minimum Gasteiger partial charge on any atom is -0.460 e. The third-order valence-electron chi connectivity index (χ3n) is 4.33. The number of carbonyl (C=O) groups excluding carboxylic acids is 2. The summed E-state index contributed by atoms with van der Waals surface area (Å²) in [7, 11) is 0. The lowest BCUT2D eigenvalue weighted by molar-refractivity contribution is 0.0456. The van der Waals surface area contributed by atoms with Crippen LogP contribution in [-0.2, 0) is 4.74 Å². The van der Waals surface area contributed by atoms with Crippen LogP contribution in [0.1, 0.15) is 37.9 Å². The highest BCUT2D eigenvalue weighted by atomic mass is 16.5. The first kappa shape index (κ1) is 19.8. The van der Waals surface area contributed by atoms with Gasteiger partial charge in [-0.05, 0) is 29.8 Å². The van der Waals surface area contributed by atoms with E-state index in [0.717, 1.165) is 5.56 Å². The van der Waals surface area contributed by atoms with Gasteiger partial charge in [-0.1, -0.05) is 60.7 Å². The number of rotatable bonds is 7. The lowest BCUT2D eigenvalue weighted by atomic mass is 10.1. The Morgan fingerprint density at radius 2 is 1.45 bits per heavy atom. The van der Waals surface area contributed by atoms with Crippen molar-refractivity contribution in [1.82, 2.24) is 5.32 Å². The monoisotopic (exact) mass is 387 g/mol. The fraction of sp³-hybridized carbons (Fsp3) is 0.0870. The van der Waals surface area contributed by atoms with E-state index >= 15 is 0 Å². The van der Waals surface area contributed by atoms with Gasteiger partial charge in [0.1, 0.15) is 12.4 Å². The van der Waals surface area contributed by atoms with Crippen molar-refractivity contribution in [1.29, 1.82) is 5.41 Å². The number of benzene rings is 3. The van der Waals surface area contributed by atoms with Crippen LogP contribution in [0.3, 0.4) is 0 Å². The van der Waals surface area contributed by atoms with Gasteiger partial charge in [-0.25, -0.2) is 4.79 Å². The summed E-state index contributed by atoms with van der Waals surface area (Å²) >= 11 is 0. The average Bonchev–Trinajstić information content (AvgIpc) is 2.77. The Balaban J connectivity index is 1.76. The van der Waals surface area contributed by atoms with Crippen molar-refractivity contribution in [3.05, 3.63) is 107 Å². The van der Waals surface area contributed by atoms with Crippen LogP contribution in [0.25, 0.3) is 0 Å². The van der Waals surface area contributed by atoms with E-state index in [9.17, 15) is 9.59 Å². The maximum Gasteiger partial charge on any atom is 0.338 e. The summed E-state index contributed by atoms with van der Waals surface area (Å²) in [5.41, 5.74) is 7.59. The molecule has 0 unspecified atom stereocenters. The summed E-state index contributed by atoms with van der Waals surface area (Å²) in [6, 6.07) is 23.9. The molecule has 0 radical (unpaired) electrons. The highest BCUT2D eigenvalue weighted by molar-refractivity contribution is 6.00. The molecule has 0 aliphatic heterocycles. The molecule has 0 heterocycles. The van der Waals surface area contributed by atoms with Crippen LogP contribution in [0.15, 0.2) is 84.9 Å². The van der Waals surface area contributed by atoms with E-state index in [2.05, 4.69) is 5.32 Å². The van der Waals surface area contributed by atoms with Crippen molar-refractivity contribution in [2.45, 2.75) is 6.04 Å². The molecular formula is C23H21N3O3. The lowest BCUT2D eigenvalue weighted by Gasteiger charge is -2.19. The van der Waals surface area contributed by atoms with Crippen LogP contribution in [-0.4, -0.2) is 24.3 Å². The van der Waals surface area contributed by atoms with Crippen molar-refractivity contribution in [3.63, 3.8) is 0 Å². The molecule has 1 amide bonds. The zero-order valence-corrected chi connectivity index (χ0v) is 15.7. The van der Waals surface area contributed by atoms with Gasteiger partial charge in [0.2, 0.25) is 0 Å². The smallest absolute Gasteiger partial charge is 0.338 e. The van der Waals surface area contributed by atoms with E-state index in [0.29, 0.717) is 16.7 Å². The van der Waals surface area contributed by atoms with Gasteiger partial charge in [0.15, 0.2) is 0 Å². The van der Waals surface area contributed by atoms with Gasteiger partial charge in [-0.2, -0.15) is 0 Å². The second-order valence-corrected chi connectivity index (χ2v) is 6.40. The molecule has 6 heteroatoms. The Morgan fingerprint density at radius 1 is 0.862 bits per heavy atom. The van der Waals surface area contributed by atoms with Crippen LogP contribution >= 0.6 is 0 Å². The number of carbonyl (C=O) groups is 2. The first-order valence-electron chi connectivity index (χ1n) is 9.07. The van der Waals surface area contributed by atoms with E-state index in [1.165, 1.54) is 0 Å². The number of hydrogen-bond acceptors (Lipinski definition) is 4. The SMILES string of the molecule is N=C(N)c1cccc(C(=O)N[C@@H](COC(=O)c2ccccc2)c2ccccc2)c1. The second kappa shape index (κ2) is 9.32. The van der Waals surface area contributed by atoms with Gasteiger partial charge in [-0.3, -0.25) is 10.2 Å². The minimum atomic E-state index is -0.530. The van der Waals surface area contributed by atoms with Crippen LogP contribution in [0.4, 0.5) is 0 Å². The zero-order chi connectivity index (χ0) is 20.6. The number of amides is 1. The molecule has 0 aliphatic rings. The molecule has 0 saturated heterocycles. The molecule has 6 nitrogen and oxygen atoms in total. The highest BCUT2D eigenvalue weighted by Crippen LogP contribution is 2.16. The van der Waals surface area contributed by atoms with Gasteiger partial charge < -0.3 is 15.8 Å². The average molecular weight is 387 g/mol. The maximum atomic E-state index is 12.8. The molecule has 29 heavy (non-hydrogen) atoms. The number of esters is 1. The summed E-state index contributed by atoms with van der Waals surface area (Å²) in [4.78, 5) is 25.0. The third kappa shape index (κ3) is 5.29. The van der Waals surface area contributed by atoms with E-state index in [1.54, 1.807) is 48.5 Å². The van der Waals surface area contributed by atoms with Crippen molar-refractivity contribution >= 4 is 17.7 Å². The van der Waals surface area contributed by atoms with Gasteiger partial charge in [-0.15, -0.1) is 0 Å². The normalized spacial score (nSPS) is 11.3. The Bertz CT molecular complexity index is 1000. The summed E-state index contributed by atoms with van der Waals surface area (Å²) in [5.74, 6) is -0.923. The minimum absolute atomic E-state index is 0.0180. The third-order valence-corrected chi connectivity index (χ3v) is 4.33. The summed E-state index contributed by atoms with van der Waals surface area (Å²) in [6.45, 7) is -0.0180. The number of ether oxygens (including phenoxy) is 1. The Kier molecular flexibility index (Phi) is 6.37. The molecule has 0 bridgehead atoms. The molecule has 3 aromatic carbocycles. The molecule has 146 valence electrons. The molecule has 0 saturated carbocycles. The van der Waals surface area contributed by atoms with Gasteiger partial charge in [0, 0.05) is 11.1 Å². The molecular weight excluding hydrogens is 366 g/mol. The zero-order valence-electron chi connectivity index (χ0n) is 15.7. The summed E-state index contributed by atoms with van der Waals surface area (Å²) in [5, 5.41) is 10.4. The largest absolute Gasteiger partial charge is 0.460 e. The van der Waals surface area contributed by atoms with Crippen molar-refractivity contribution < 1.29 is 14.3 Å². The molecule has 3 rings (SSSR count). The molecule has 1 atom stereocenters. The van der Waals surface area contributed by atoms with Crippen molar-refractivity contribution in [2.75, 3.05) is 6.61 Å². The number of nitrogen functional groups attached to an aromatic ring is 1. The van der Waals surface area contributed by atoms with Crippen LogP contribution in [0.2, 0.25) is 0 Å². The Labute approximate surface area is 168 Å². The van der Waals surface area contributed by atoms with Crippen molar-refractivity contribution in [3.8, 4) is 0 Å². The maximum absolute atomic E-state index is 12.8. The second-order valence-electron chi connectivity index (χ2n) is 6.40. The van der Waals surface area contributed by atoms with Crippen molar-refractivity contribution in [2.24, 2.45) is 5.73 Å². The van der Waals surface area contributed by atoms with E-state index in [4.69, 9.17) is 15.9 Å². The number of nitrogens with two attached hydrogens (primary N) is 1. The molecule has 4 N–H and O–H groups in total. The Hall–Kier alpha value is -3.93. The molecule has 3 aromatic rings. The first-order chi connectivity index (χ1) is 14.0. The Morgan fingerprint density at radius 3 is 2.10 bits per heavy atom. The number of nitrogens with one attached hydrogen (secondary N) is 2. The predicted molar refractivity (Wildman–Crippen MR) is 111 cm³/mol. The summed E-state index contributed by atoms with van der Waals surface area (Å²) < 4.78 is 5.44. The number of hydrogen-bond donors (Lipinski definition) is 3. The van der Waals surface area contributed by atoms with Crippen LogP contribution in [0, 0.1) is 5.41 Å². The van der Waals surface area contributed by atoms with Gasteiger partial charge >= 0.3 is 5.97 Å². The molecule has 0 aromatic heterocycles. The van der Waals surface area contributed by atoms with Gasteiger partial charge in [0.05, 0.1) is 11.6 Å². The first-order valence-corrected chi connectivity index (χ1v) is 9.07. The lowest BCUT2D eigenvalue weighted by Crippen LogP contribution is -2.32. The van der Waals surface area contributed by atoms with Gasteiger partial charge in [0.25, 0.3) is 5.91 Å².